The van der Waals surface area contributed by atoms with Crippen LogP contribution in [0.4, 0.5) is 0 Å². The lowest BCUT2D eigenvalue weighted by molar-refractivity contribution is -0.134. The van der Waals surface area contributed by atoms with Gasteiger partial charge in [0.1, 0.15) is 6.10 Å². The molecule has 74 valence electrons. The summed E-state index contributed by atoms with van der Waals surface area (Å²) in [7, 11) is 0. The maximum atomic E-state index is 9.00. The predicted molar refractivity (Wildman–Crippen MR) is 42.7 cm³/mol. The van der Waals surface area contributed by atoms with Crippen molar-refractivity contribution in [3.05, 3.63) is 0 Å². The lowest BCUT2D eigenvalue weighted by atomic mass is 10.2. The molecule has 2 atom stereocenters. The Bertz CT molecular complexity index is 102. The zero-order chi connectivity index (χ0) is 10.1. The van der Waals surface area contributed by atoms with Gasteiger partial charge < -0.3 is 20.4 Å². The molecular weight excluding hydrogens is 164 g/mol. The molecule has 0 aromatic rings. The van der Waals surface area contributed by atoms with Crippen LogP contribution in [0.5, 0.6) is 0 Å². The van der Waals surface area contributed by atoms with Crippen LogP contribution in [0.25, 0.3) is 0 Å². The van der Waals surface area contributed by atoms with E-state index in [-0.39, 0.29) is 6.61 Å². The number of aliphatic hydroxyl groups is 3. The number of carboxylic acids is 1. The quantitative estimate of drug-likeness (QED) is 0.456. The fourth-order valence-electron chi connectivity index (χ4n) is 0.394. The van der Waals surface area contributed by atoms with Crippen molar-refractivity contribution in [2.24, 2.45) is 0 Å². The van der Waals surface area contributed by atoms with Gasteiger partial charge in [-0.3, -0.25) is 4.79 Å². The minimum Gasteiger partial charge on any atom is -0.481 e. The summed E-state index contributed by atoms with van der Waals surface area (Å²) in [5.41, 5.74) is 0. The van der Waals surface area contributed by atoms with Crippen molar-refractivity contribution in [2.45, 2.75) is 32.5 Å². The van der Waals surface area contributed by atoms with Crippen LogP contribution in [-0.2, 0) is 4.79 Å². The van der Waals surface area contributed by atoms with E-state index in [2.05, 4.69) is 0 Å². The van der Waals surface area contributed by atoms with E-state index in [0.29, 0.717) is 6.42 Å². The Morgan fingerprint density at radius 3 is 1.75 bits per heavy atom. The van der Waals surface area contributed by atoms with Gasteiger partial charge in [-0.2, -0.15) is 0 Å². The van der Waals surface area contributed by atoms with Crippen molar-refractivity contribution in [1.29, 1.82) is 0 Å². The highest BCUT2D eigenvalue weighted by Crippen LogP contribution is 1.95. The molecular formula is C7H16O5. The summed E-state index contributed by atoms with van der Waals surface area (Å²) in [4.78, 5) is 9.00. The Hall–Kier alpha value is -0.650. The summed E-state index contributed by atoms with van der Waals surface area (Å²) in [6.07, 6.45) is -1.28. The van der Waals surface area contributed by atoms with Gasteiger partial charge in [-0.1, -0.05) is 6.92 Å². The topological polar surface area (TPSA) is 98.0 Å². The van der Waals surface area contributed by atoms with Gasteiger partial charge in [0.25, 0.3) is 5.97 Å². The molecule has 4 N–H and O–H groups in total. The number of carbonyl (C=O) groups is 1. The Labute approximate surface area is 71.3 Å². The fourth-order valence-corrected chi connectivity index (χ4v) is 0.394. The lowest BCUT2D eigenvalue weighted by Crippen LogP contribution is -2.28. The number of hydrogen-bond donors (Lipinski definition) is 4. The van der Waals surface area contributed by atoms with Crippen LogP contribution in [0.2, 0.25) is 0 Å². The average molecular weight is 180 g/mol. The van der Waals surface area contributed by atoms with Gasteiger partial charge in [-0.25, -0.2) is 0 Å². The van der Waals surface area contributed by atoms with Crippen molar-refractivity contribution in [1.82, 2.24) is 0 Å². The van der Waals surface area contributed by atoms with Crippen LogP contribution in [-0.4, -0.2) is 45.2 Å². The van der Waals surface area contributed by atoms with E-state index in [0.717, 1.165) is 6.92 Å². The number of aliphatic carboxylic acids is 1. The second kappa shape index (κ2) is 8.45. The third-order valence-electron chi connectivity index (χ3n) is 1.05. The molecule has 0 aliphatic carbocycles. The molecule has 0 spiro atoms. The second-order valence-corrected chi connectivity index (χ2v) is 2.24. The molecule has 0 saturated carbocycles. The number of rotatable bonds is 3. The molecule has 0 aliphatic rings. The Balaban J connectivity index is 0. The summed E-state index contributed by atoms with van der Waals surface area (Å²) >= 11 is 0. The van der Waals surface area contributed by atoms with Crippen LogP contribution in [0.3, 0.4) is 0 Å². The van der Waals surface area contributed by atoms with Gasteiger partial charge in [0.05, 0.1) is 12.7 Å². The summed E-state index contributed by atoms with van der Waals surface area (Å²) in [5.74, 6) is -0.833. The summed E-state index contributed by atoms with van der Waals surface area (Å²) in [5, 5.41) is 33.0. The standard InChI is InChI=1S/C5H12O3.C2H4O2/c1-2-4(7)5(8)3-6;1-2(3)4/h4-8H,2-3H2,1H3;1H3,(H,3,4). The summed E-state index contributed by atoms with van der Waals surface area (Å²) in [6, 6.07) is 0. The highest BCUT2D eigenvalue weighted by molar-refractivity contribution is 5.62. The van der Waals surface area contributed by atoms with Crippen LogP contribution in [0, 0.1) is 0 Å². The molecule has 2 unspecified atom stereocenters. The Morgan fingerprint density at radius 2 is 1.67 bits per heavy atom. The second-order valence-electron chi connectivity index (χ2n) is 2.24. The van der Waals surface area contributed by atoms with Crippen molar-refractivity contribution < 1.29 is 25.2 Å². The molecule has 0 saturated heterocycles. The normalized spacial score (nSPS) is 14.1. The summed E-state index contributed by atoms with van der Waals surface area (Å²) in [6.45, 7) is 2.46. The van der Waals surface area contributed by atoms with Crippen LogP contribution in [0.15, 0.2) is 0 Å². The summed E-state index contributed by atoms with van der Waals surface area (Å²) < 4.78 is 0. The van der Waals surface area contributed by atoms with Crippen molar-refractivity contribution in [3.63, 3.8) is 0 Å². The van der Waals surface area contributed by atoms with Crippen molar-refractivity contribution in [2.75, 3.05) is 6.61 Å². The zero-order valence-corrected chi connectivity index (χ0v) is 7.27. The van der Waals surface area contributed by atoms with Crippen LogP contribution < -0.4 is 0 Å². The maximum absolute atomic E-state index is 9.00. The van der Waals surface area contributed by atoms with Crippen molar-refractivity contribution in [3.8, 4) is 0 Å². The van der Waals surface area contributed by atoms with E-state index in [1.54, 1.807) is 6.92 Å². The maximum Gasteiger partial charge on any atom is 0.300 e. The number of aliphatic hydroxyl groups excluding tert-OH is 3. The van der Waals surface area contributed by atoms with Gasteiger partial charge in [0.15, 0.2) is 0 Å². The third kappa shape index (κ3) is 12.1. The Kier molecular flexibility index (Phi) is 9.79. The zero-order valence-electron chi connectivity index (χ0n) is 7.27. The molecule has 0 heterocycles. The smallest absolute Gasteiger partial charge is 0.300 e. The van der Waals surface area contributed by atoms with E-state index in [9.17, 15) is 0 Å². The molecule has 5 nitrogen and oxygen atoms in total. The molecule has 5 heteroatoms. The van der Waals surface area contributed by atoms with Crippen molar-refractivity contribution >= 4 is 5.97 Å². The third-order valence-corrected chi connectivity index (χ3v) is 1.05. The van der Waals surface area contributed by atoms with Gasteiger partial charge >= 0.3 is 0 Å². The molecule has 0 bridgehead atoms. The van der Waals surface area contributed by atoms with Crippen LogP contribution >= 0.6 is 0 Å². The molecule has 0 radical (unpaired) electrons. The fraction of sp³-hybridized carbons (Fsp3) is 0.857. The van der Waals surface area contributed by atoms with Gasteiger partial charge in [-0.15, -0.1) is 0 Å². The van der Waals surface area contributed by atoms with Gasteiger partial charge in [0, 0.05) is 6.92 Å². The first kappa shape index (κ1) is 13.9. The van der Waals surface area contributed by atoms with Crippen LogP contribution in [0.1, 0.15) is 20.3 Å². The van der Waals surface area contributed by atoms with E-state index >= 15 is 0 Å². The average Bonchev–Trinajstić information content (AvgIpc) is 2.00. The SMILES string of the molecule is CC(=O)O.CCC(O)C(O)CO. The molecule has 0 fully saturated rings. The van der Waals surface area contributed by atoms with Gasteiger partial charge in [0.2, 0.25) is 0 Å². The van der Waals surface area contributed by atoms with Gasteiger partial charge in [-0.05, 0) is 6.42 Å². The molecule has 0 aromatic carbocycles. The molecule has 12 heavy (non-hydrogen) atoms. The molecule has 0 rings (SSSR count). The first-order valence-corrected chi connectivity index (χ1v) is 3.62. The minimum absolute atomic E-state index is 0.366. The number of carboxylic acid groups (broad SMARTS) is 1. The Morgan fingerprint density at radius 1 is 1.33 bits per heavy atom. The first-order chi connectivity index (χ1) is 5.45. The first-order valence-electron chi connectivity index (χ1n) is 3.62. The van der Waals surface area contributed by atoms with E-state index in [1.807, 2.05) is 0 Å². The lowest BCUT2D eigenvalue weighted by Gasteiger charge is -2.11. The van der Waals surface area contributed by atoms with E-state index < -0.39 is 18.2 Å². The molecule has 0 aromatic heterocycles. The predicted octanol–water partition coefficient (Wildman–Crippen LogP) is -0.799. The highest BCUT2D eigenvalue weighted by atomic mass is 16.4. The monoisotopic (exact) mass is 180 g/mol. The van der Waals surface area contributed by atoms with E-state index in [1.165, 1.54) is 0 Å². The highest BCUT2D eigenvalue weighted by Gasteiger charge is 2.10. The minimum atomic E-state index is -0.972. The molecule has 0 amide bonds. The van der Waals surface area contributed by atoms with E-state index in [4.69, 9.17) is 25.2 Å². The molecule has 0 aliphatic heterocycles. The largest absolute Gasteiger partial charge is 0.481 e. The number of hydrogen-bond acceptors (Lipinski definition) is 4.